The van der Waals surface area contributed by atoms with Crippen LogP contribution in [0.1, 0.15) is 19.5 Å². The number of hydrogen-bond donors (Lipinski definition) is 2. The molecule has 6 nitrogen and oxygen atoms in total. The molecule has 0 bridgehead atoms. The van der Waals surface area contributed by atoms with Crippen molar-refractivity contribution >= 4 is 11.9 Å². The minimum absolute atomic E-state index is 0.00715. The van der Waals surface area contributed by atoms with E-state index in [0.717, 1.165) is 0 Å². The Kier molecular flexibility index (Phi) is 3.08. The van der Waals surface area contributed by atoms with Gasteiger partial charge in [0.15, 0.2) is 6.39 Å². The number of nitrogens with one attached hydrogen (secondary N) is 1. The molecular weight excluding hydrogens is 200 g/mol. The molecule has 1 aromatic rings. The number of oxazole rings is 1. The minimum atomic E-state index is -1.28. The predicted octanol–water partition coefficient (Wildman–Crippen LogP) is 0.196. The van der Waals surface area contributed by atoms with Crippen molar-refractivity contribution in [1.82, 2.24) is 10.3 Å². The number of aliphatic carboxylic acids is 1. The molecule has 0 aliphatic heterocycles. The van der Waals surface area contributed by atoms with E-state index >= 15 is 0 Å². The number of carbonyl (C=O) groups is 2. The first-order valence-electron chi connectivity index (χ1n) is 4.33. The maximum atomic E-state index is 11.4. The summed E-state index contributed by atoms with van der Waals surface area (Å²) >= 11 is 0. The fourth-order valence-electron chi connectivity index (χ4n) is 0.936. The molecule has 0 radical (unpaired) electrons. The number of amides is 1. The molecule has 2 N–H and O–H groups in total. The first-order chi connectivity index (χ1) is 6.92. The first-order valence-corrected chi connectivity index (χ1v) is 4.33. The number of carbonyl (C=O) groups excluding carboxylic acids is 1. The normalized spacial score (nSPS) is 11.1. The zero-order chi connectivity index (χ0) is 11.5. The van der Waals surface area contributed by atoms with Crippen molar-refractivity contribution in [2.45, 2.75) is 25.8 Å². The Balaban J connectivity index is 2.53. The summed E-state index contributed by atoms with van der Waals surface area (Å²) in [5.41, 5.74) is -0.811. The summed E-state index contributed by atoms with van der Waals surface area (Å²) in [6, 6.07) is 0. The SMILES string of the molecule is CC(C)(NC(=O)Cc1cocn1)C(=O)O. The molecule has 1 aromatic heterocycles. The highest BCUT2D eigenvalue weighted by Crippen LogP contribution is 2.03. The standard InChI is InChI=1S/C9H12N2O4/c1-9(2,8(13)14)11-7(12)3-6-4-15-5-10-6/h4-5H,3H2,1-2H3,(H,11,12)(H,13,14). The first kappa shape index (κ1) is 11.2. The van der Waals surface area contributed by atoms with Gasteiger partial charge in [0.05, 0.1) is 12.1 Å². The lowest BCUT2D eigenvalue weighted by Crippen LogP contribution is -2.50. The van der Waals surface area contributed by atoms with Gasteiger partial charge in [-0.05, 0) is 13.8 Å². The summed E-state index contributed by atoms with van der Waals surface area (Å²) in [6.07, 6.45) is 2.56. The number of nitrogens with zero attached hydrogens (tertiary/aromatic N) is 1. The fraction of sp³-hybridized carbons (Fsp3) is 0.444. The maximum absolute atomic E-state index is 11.4. The van der Waals surface area contributed by atoms with E-state index in [1.165, 1.54) is 26.5 Å². The lowest BCUT2D eigenvalue weighted by Gasteiger charge is -2.20. The highest BCUT2D eigenvalue weighted by Gasteiger charge is 2.28. The van der Waals surface area contributed by atoms with E-state index in [9.17, 15) is 9.59 Å². The number of hydrogen-bond acceptors (Lipinski definition) is 4. The van der Waals surface area contributed by atoms with Crippen molar-refractivity contribution in [3.8, 4) is 0 Å². The molecule has 0 saturated heterocycles. The van der Waals surface area contributed by atoms with Crippen LogP contribution in [0.25, 0.3) is 0 Å². The van der Waals surface area contributed by atoms with Crippen LogP contribution >= 0.6 is 0 Å². The van der Waals surface area contributed by atoms with Gasteiger partial charge in [-0.1, -0.05) is 0 Å². The molecular formula is C9H12N2O4. The van der Waals surface area contributed by atoms with Crippen molar-refractivity contribution in [2.24, 2.45) is 0 Å². The second-order valence-electron chi connectivity index (χ2n) is 3.63. The van der Waals surface area contributed by atoms with Gasteiger partial charge in [-0.15, -0.1) is 0 Å². The quantitative estimate of drug-likeness (QED) is 0.743. The van der Waals surface area contributed by atoms with E-state index in [1.807, 2.05) is 0 Å². The molecule has 1 amide bonds. The molecule has 1 rings (SSSR count). The van der Waals surface area contributed by atoms with E-state index < -0.39 is 17.4 Å². The van der Waals surface area contributed by atoms with E-state index in [0.29, 0.717) is 5.69 Å². The Morgan fingerprint density at radius 2 is 2.27 bits per heavy atom. The van der Waals surface area contributed by atoms with Gasteiger partial charge in [-0.3, -0.25) is 4.79 Å². The summed E-state index contributed by atoms with van der Waals surface area (Å²) in [6.45, 7) is 2.83. The Hall–Kier alpha value is -1.85. The lowest BCUT2D eigenvalue weighted by atomic mass is 10.1. The molecule has 0 unspecified atom stereocenters. The average molecular weight is 212 g/mol. The summed E-state index contributed by atoms with van der Waals surface area (Å²) in [4.78, 5) is 25.8. The van der Waals surface area contributed by atoms with Crippen LogP contribution in [0, 0.1) is 0 Å². The molecule has 0 spiro atoms. The zero-order valence-corrected chi connectivity index (χ0v) is 8.48. The Labute approximate surface area is 86.3 Å². The average Bonchev–Trinajstić information content (AvgIpc) is 2.54. The van der Waals surface area contributed by atoms with Crippen LogP contribution in [0.15, 0.2) is 17.1 Å². The smallest absolute Gasteiger partial charge is 0.328 e. The van der Waals surface area contributed by atoms with Gasteiger partial charge < -0.3 is 14.8 Å². The van der Waals surface area contributed by atoms with E-state index in [2.05, 4.69) is 14.7 Å². The van der Waals surface area contributed by atoms with Crippen LogP contribution in [0.3, 0.4) is 0 Å². The molecule has 0 atom stereocenters. The third-order valence-electron chi connectivity index (χ3n) is 1.81. The van der Waals surface area contributed by atoms with Gasteiger partial charge in [0, 0.05) is 0 Å². The fourth-order valence-corrected chi connectivity index (χ4v) is 0.936. The summed E-state index contributed by atoms with van der Waals surface area (Å²) in [5.74, 6) is -1.49. The van der Waals surface area contributed by atoms with Gasteiger partial charge in [0.25, 0.3) is 0 Å². The second kappa shape index (κ2) is 4.12. The van der Waals surface area contributed by atoms with Crippen LogP contribution in [-0.4, -0.2) is 27.5 Å². The second-order valence-corrected chi connectivity index (χ2v) is 3.63. The summed E-state index contributed by atoms with van der Waals surface area (Å²) in [5, 5.41) is 11.1. The van der Waals surface area contributed by atoms with Crippen LogP contribution in [0.2, 0.25) is 0 Å². The van der Waals surface area contributed by atoms with E-state index in [-0.39, 0.29) is 6.42 Å². The van der Waals surface area contributed by atoms with Crippen molar-refractivity contribution in [1.29, 1.82) is 0 Å². The third kappa shape index (κ3) is 3.08. The highest BCUT2D eigenvalue weighted by atomic mass is 16.4. The van der Waals surface area contributed by atoms with Crippen molar-refractivity contribution in [3.05, 3.63) is 18.4 Å². The molecule has 0 fully saturated rings. The van der Waals surface area contributed by atoms with Crippen LogP contribution in [0.5, 0.6) is 0 Å². The van der Waals surface area contributed by atoms with Gasteiger partial charge in [-0.2, -0.15) is 0 Å². The molecule has 0 saturated carbocycles. The number of aromatic nitrogens is 1. The molecule has 1 heterocycles. The maximum Gasteiger partial charge on any atom is 0.328 e. The van der Waals surface area contributed by atoms with E-state index in [4.69, 9.17) is 5.11 Å². The molecule has 0 aliphatic rings. The number of carboxylic acid groups (broad SMARTS) is 1. The largest absolute Gasteiger partial charge is 0.480 e. The summed E-state index contributed by atoms with van der Waals surface area (Å²) < 4.78 is 4.69. The van der Waals surface area contributed by atoms with E-state index in [1.54, 1.807) is 0 Å². The Morgan fingerprint density at radius 3 is 2.73 bits per heavy atom. The van der Waals surface area contributed by atoms with Gasteiger partial charge in [0.2, 0.25) is 5.91 Å². The number of carboxylic acids is 1. The highest BCUT2D eigenvalue weighted by molar-refractivity contribution is 5.87. The molecule has 15 heavy (non-hydrogen) atoms. The zero-order valence-electron chi connectivity index (χ0n) is 8.48. The Morgan fingerprint density at radius 1 is 1.60 bits per heavy atom. The topological polar surface area (TPSA) is 92.4 Å². The van der Waals surface area contributed by atoms with Crippen LogP contribution in [-0.2, 0) is 16.0 Å². The third-order valence-corrected chi connectivity index (χ3v) is 1.81. The summed E-state index contributed by atoms with van der Waals surface area (Å²) in [7, 11) is 0. The van der Waals surface area contributed by atoms with Crippen molar-refractivity contribution in [2.75, 3.05) is 0 Å². The molecule has 6 heteroatoms. The van der Waals surface area contributed by atoms with Gasteiger partial charge in [-0.25, -0.2) is 9.78 Å². The lowest BCUT2D eigenvalue weighted by molar-refractivity contribution is -0.145. The van der Waals surface area contributed by atoms with Crippen LogP contribution < -0.4 is 5.32 Å². The Bertz CT molecular complexity index is 356. The molecule has 0 aromatic carbocycles. The molecule has 82 valence electrons. The van der Waals surface area contributed by atoms with Crippen LogP contribution in [0.4, 0.5) is 0 Å². The minimum Gasteiger partial charge on any atom is -0.480 e. The molecule has 0 aliphatic carbocycles. The number of rotatable bonds is 4. The monoisotopic (exact) mass is 212 g/mol. The van der Waals surface area contributed by atoms with Gasteiger partial charge in [0.1, 0.15) is 11.8 Å². The predicted molar refractivity (Wildman–Crippen MR) is 50.1 cm³/mol. The van der Waals surface area contributed by atoms with Gasteiger partial charge >= 0.3 is 5.97 Å². The van der Waals surface area contributed by atoms with Crippen molar-refractivity contribution in [3.63, 3.8) is 0 Å². The van der Waals surface area contributed by atoms with Crippen molar-refractivity contribution < 1.29 is 19.1 Å².